The Morgan fingerprint density at radius 2 is 1.74 bits per heavy atom. The van der Waals surface area contributed by atoms with Crippen LogP contribution in [0.25, 0.3) is 16.3 Å². The highest BCUT2D eigenvalue weighted by molar-refractivity contribution is 8.04. The van der Waals surface area contributed by atoms with E-state index in [4.69, 9.17) is 9.47 Å². The summed E-state index contributed by atoms with van der Waals surface area (Å²) in [5.41, 5.74) is 1.43. The fourth-order valence-electron chi connectivity index (χ4n) is 3.61. The lowest BCUT2D eigenvalue weighted by Crippen LogP contribution is -2.38. The molecule has 0 atom stereocenters. The van der Waals surface area contributed by atoms with Gasteiger partial charge in [0.05, 0.1) is 52.9 Å². The molecule has 3 aromatic rings. The van der Waals surface area contributed by atoms with Crippen LogP contribution in [0.4, 0.5) is 5.69 Å². The van der Waals surface area contributed by atoms with Crippen LogP contribution in [0.1, 0.15) is 5.01 Å². The molecule has 1 aliphatic rings. The number of rotatable bonds is 9. The molecule has 1 aromatic heterocycles. The highest BCUT2D eigenvalue weighted by Gasteiger charge is 2.29. The summed E-state index contributed by atoms with van der Waals surface area (Å²) in [5, 5.41) is 1.34. The Balaban J connectivity index is 1.82. The molecule has 0 fully saturated rings. The first-order valence-electron chi connectivity index (χ1n) is 10.2. The van der Waals surface area contributed by atoms with Gasteiger partial charge in [-0.3, -0.25) is 4.55 Å². The molecule has 0 aliphatic carbocycles. The number of aromatic nitrogens is 1. The van der Waals surface area contributed by atoms with Gasteiger partial charge in [-0.25, -0.2) is 8.42 Å². The van der Waals surface area contributed by atoms with Gasteiger partial charge in [0.15, 0.2) is 6.54 Å². The Morgan fingerprint density at radius 3 is 2.40 bits per heavy atom. The number of thioether (sulfide) groups is 1. The summed E-state index contributed by atoms with van der Waals surface area (Å²) >= 11 is 2.80. The molecule has 14 heteroatoms. The van der Waals surface area contributed by atoms with Crippen molar-refractivity contribution in [2.75, 3.05) is 37.2 Å². The van der Waals surface area contributed by atoms with Gasteiger partial charge in [0.25, 0.3) is 15.1 Å². The van der Waals surface area contributed by atoms with Crippen molar-refractivity contribution >= 4 is 65.3 Å². The number of hydrogen-bond donors (Lipinski definition) is 1. The smallest absolute Gasteiger partial charge is 0.271 e. The molecular weight excluding hydrogens is 537 g/mol. The number of aryl methyl sites for hydroxylation is 1. The number of thiazole rings is 1. The predicted octanol–water partition coefficient (Wildman–Crippen LogP) is 2.55. The van der Waals surface area contributed by atoms with Gasteiger partial charge in [0.1, 0.15) is 22.0 Å². The molecule has 0 radical (unpaired) electrons. The van der Waals surface area contributed by atoms with Crippen molar-refractivity contribution in [3.63, 3.8) is 0 Å². The number of methoxy groups -OCH3 is 2. The number of ether oxygens (including phenoxy) is 2. The lowest BCUT2D eigenvalue weighted by Gasteiger charge is -2.21. The molecule has 35 heavy (non-hydrogen) atoms. The molecule has 0 saturated heterocycles. The third-order valence-corrected chi connectivity index (χ3v) is 8.87. The topological polar surface area (TPSA) is 137 Å². The summed E-state index contributed by atoms with van der Waals surface area (Å²) in [6.45, 7) is -0.0694. The molecule has 0 spiro atoms. The fourth-order valence-corrected chi connectivity index (χ4v) is 6.71. The van der Waals surface area contributed by atoms with E-state index in [2.05, 4.69) is 0 Å². The average Bonchev–Trinajstić information content (AvgIpc) is 3.31. The third-order valence-electron chi connectivity index (χ3n) is 5.26. The maximum Gasteiger partial charge on any atom is 0.271 e. The zero-order chi connectivity index (χ0) is 25.4. The minimum Gasteiger partial charge on any atom is -0.748 e. The summed E-state index contributed by atoms with van der Waals surface area (Å²) in [6.07, 6.45) is 1.82. The quantitative estimate of drug-likeness (QED) is 0.308. The maximum atomic E-state index is 11.5. The van der Waals surface area contributed by atoms with Gasteiger partial charge in [0, 0.05) is 17.5 Å². The maximum absolute atomic E-state index is 11.5. The highest BCUT2D eigenvalue weighted by atomic mass is 32.2. The van der Waals surface area contributed by atoms with E-state index < -0.39 is 31.7 Å². The van der Waals surface area contributed by atoms with Crippen molar-refractivity contribution in [1.82, 2.24) is 0 Å². The van der Waals surface area contributed by atoms with Crippen LogP contribution in [0.5, 0.6) is 11.5 Å². The van der Waals surface area contributed by atoms with Crippen LogP contribution in [0, 0.1) is 0 Å². The Kier molecular flexibility index (Phi) is 7.31. The van der Waals surface area contributed by atoms with Gasteiger partial charge < -0.3 is 18.9 Å². The highest BCUT2D eigenvalue weighted by Crippen LogP contribution is 2.48. The summed E-state index contributed by atoms with van der Waals surface area (Å²) in [4.78, 5) is 2.59. The lowest BCUT2D eigenvalue weighted by atomic mass is 10.2. The van der Waals surface area contributed by atoms with Crippen molar-refractivity contribution in [1.29, 1.82) is 0 Å². The van der Waals surface area contributed by atoms with Gasteiger partial charge in [-0.1, -0.05) is 23.1 Å². The molecule has 1 N–H and O–H groups in total. The van der Waals surface area contributed by atoms with Crippen LogP contribution in [0.3, 0.4) is 0 Å². The molecule has 2 aromatic carbocycles. The van der Waals surface area contributed by atoms with E-state index in [0.717, 1.165) is 15.1 Å². The van der Waals surface area contributed by atoms with Crippen molar-refractivity contribution < 1.29 is 40.0 Å². The number of anilines is 1. The van der Waals surface area contributed by atoms with E-state index in [1.807, 2.05) is 18.2 Å². The van der Waals surface area contributed by atoms with E-state index >= 15 is 0 Å². The standard InChI is InChI=1S/C21H22N2O8S4/c1-30-14-3-5-18-16(11-14)22(7-9-34(24,25)26)20(32-18)13-21-23(8-10-35(27,28)29)17-12-15(31-2)4-6-19(17)33-21/h3-6,11-13H,7-10H2,1-2H3,(H-,24,25,26,27,28,29). The molecular formula is C21H22N2O8S4. The summed E-state index contributed by atoms with van der Waals surface area (Å²) in [5.74, 6) is 0.0953. The van der Waals surface area contributed by atoms with Crippen LogP contribution in [-0.2, 0) is 26.8 Å². The van der Waals surface area contributed by atoms with E-state index in [0.29, 0.717) is 27.2 Å². The molecule has 0 saturated carbocycles. The minimum atomic E-state index is -4.46. The van der Waals surface area contributed by atoms with Crippen LogP contribution in [0.15, 0.2) is 46.3 Å². The van der Waals surface area contributed by atoms with Crippen molar-refractivity contribution in [3.8, 4) is 11.5 Å². The van der Waals surface area contributed by atoms with Gasteiger partial charge in [-0.05, 0) is 24.3 Å². The van der Waals surface area contributed by atoms with Crippen LogP contribution in [0.2, 0.25) is 0 Å². The number of hydrogen-bond acceptors (Lipinski definition) is 10. The van der Waals surface area contributed by atoms with Crippen LogP contribution in [-0.4, -0.2) is 58.2 Å². The molecule has 0 unspecified atom stereocenters. The second kappa shape index (κ2) is 9.95. The normalized spacial score (nSPS) is 15.1. The Morgan fingerprint density at radius 1 is 1.06 bits per heavy atom. The summed E-state index contributed by atoms with van der Waals surface area (Å²) < 4.78 is 79.6. The Hall–Kier alpha value is -2.36. The van der Waals surface area contributed by atoms with E-state index in [1.54, 1.807) is 33.7 Å². The minimum absolute atomic E-state index is 0.00844. The van der Waals surface area contributed by atoms with E-state index in [9.17, 15) is 25.9 Å². The molecule has 1 aliphatic heterocycles. The fraction of sp³-hybridized carbons (Fsp3) is 0.286. The second-order valence-electron chi connectivity index (χ2n) is 7.54. The molecule has 0 bridgehead atoms. The van der Waals surface area contributed by atoms with Crippen LogP contribution >= 0.6 is 23.1 Å². The first-order chi connectivity index (χ1) is 16.5. The molecule has 188 valence electrons. The van der Waals surface area contributed by atoms with Gasteiger partial charge in [-0.2, -0.15) is 13.0 Å². The monoisotopic (exact) mass is 558 g/mol. The van der Waals surface area contributed by atoms with E-state index in [1.165, 1.54) is 37.3 Å². The molecule has 2 heterocycles. The number of nitrogens with zero attached hydrogens (tertiary/aromatic N) is 2. The predicted molar refractivity (Wildman–Crippen MR) is 134 cm³/mol. The Bertz CT molecular complexity index is 1510. The first-order valence-corrected chi connectivity index (χ1v) is 15.0. The van der Waals surface area contributed by atoms with Crippen molar-refractivity contribution in [3.05, 3.63) is 46.4 Å². The zero-order valence-electron chi connectivity index (χ0n) is 18.7. The second-order valence-corrected chi connectivity index (χ2v) is 12.8. The number of fused-ring (bicyclic) bond motifs is 2. The summed E-state index contributed by atoms with van der Waals surface area (Å²) in [7, 11) is -5.62. The van der Waals surface area contributed by atoms with E-state index in [-0.39, 0.29) is 13.1 Å². The van der Waals surface area contributed by atoms with Gasteiger partial charge in [-0.15, -0.1) is 0 Å². The number of benzene rings is 2. The molecule has 10 nitrogen and oxygen atoms in total. The van der Waals surface area contributed by atoms with Gasteiger partial charge >= 0.3 is 0 Å². The SMILES string of the molecule is COc1ccc2c(c1)N(CCS(=O)(=O)[O-])/C(=C/c1sc3ccc(OC)cc3[n+]1CCS(=O)(=O)O)S2. The van der Waals surface area contributed by atoms with Gasteiger partial charge in [0.2, 0.25) is 5.52 Å². The zero-order valence-corrected chi connectivity index (χ0v) is 22.0. The largest absolute Gasteiger partial charge is 0.748 e. The average molecular weight is 559 g/mol. The van der Waals surface area contributed by atoms with Crippen molar-refractivity contribution in [2.45, 2.75) is 11.4 Å². The molecule has 4 rings (SSSR count). The third kappa shape index (κ3) is 6.08. The first kappa shape index (κ1) is 25.7. The lowest BCUT2D eigenvalue weighted by molar-refractivity contribution is -0.664. The summed E-state index contributed by atoms with van der Waals surface area (Å²) in [6, 6.07) is 10.8. The Labute approximate surface area is 211 Å². The van der Waals surface area contributed by atoms with Crippen molar-refractivity contribution in [2.24, 2.45) is 0 Å². The molecule has 0 amide bonds. The van der Waals surface area contributed by atoms with Crippen LogP contribution < -0.4 is 18.9 Å².